The van der Waals surface area contributed by atoms with E-state index >= 15 is 0 Å². The smallest absolute Gasteiger partial charge is 0.266 e. The van der Waals surface area contributed by atoms with Crippen LogP contribution in [0.5, 0.6) is 0 Å². The molecule has 4 rings (SSSR count). The maximum Gasteiger partial charge on any atom is 0.266 e. The van der Waals surface area contributed by atoms with Gasteiger partial charge in [-0.2, -0.15) is 0 Å². The highest BCUT2D eigenvalue weighted by molar-refractivity contribution is 7.17. The summed E-state index contributed by atoms with van der Waals surface area (Å²) >= 11 is 1.43. The lowest BCUT2D eigenvalue weighted by molar-refractivity contribution is 0.0638. The van der Waals surface area contributed by atoms with Gasteiger partial charge in [0.25, 0.3) is 5.91 Å². The average Bonchev–Trinajstić information content (AvgIpc) is 3.15. The first-order chi connectivity index (χ1) is 13.7. The third-order valence-corrected chi connectivity index (χ3v) is 6.32. The Morgan fingerprint density at radius 1 is 1.25 bits per heavy atom. The van der Waals surface area contributed by atoms with E-state index in [1.807, 2.05) is 30.0 Å². The average molecular weight is 393 g/mol. The third kappa shape index (κ3) is 3.70. The van der Waals surface area contributed by atoms with Crippen molar-refractivity contribution in [2.75, 3.05) is 19.6 Å². The Hall–Kier alpha value is -2.57. The number of nitrogens with one attached hydrogen (secondary N) is 1. The predicted molar refractivity (Wildman–Crippen MR) is 113 cm³/mol. The number of hydrogen-bond donors (Lipinski definition) is 1. The maximum atomic E-state index is 13.4. The largest absolute Gasteiger partial charge is 0.328 e. The summed E-state index contributed by atoms with van der Waals surface area (Å²) in [6.07, 6.45) is 2.77. The zero-order valence-corrected chi connectivity index (χ0v) is 17.0. The van der Waals surface area contributed by atoms with Gasteiger partial charge in [-0.05, 0) is 36.6 Å². The minimum atomic E-state index is 0.0342. The van der Waals surface area contributed by atoms with Crippen molar-refractivity contribution < 1.29 is 4.79 Å². The number of carbonyl (C=O) groups excluding carboxylic acids is 1. The van der Waals surface area contributed by atoms with Crippen LogP contribution in [-0.4, -0.2) is 40.4 Å². The summed E-state index contributed by atoms with van der Waals surface area (Å²) < 4.78 is 0. The number of aromatic nitrogens is 2. The van der Waals surface area contributed by atoms with Gasteiger partial charge < -0.3 is 10.2 Å². The Balaban J connectivity index is 1.63. The third-order valence-electron chi connectivity index (χ3n) is 5.15. The molecule has 0 aliphatic carbocycles. The van der Waals surface area contributed by atoms with Crippen LogP contribution < -0.4 is 5.32 Å². The van der Waals surface area contributed by atoms with Crippen LogP contribution in [0.25, 0.3) is 10.7 Å². The van der Waals surface area contributed by atoms with E-state index in [1.54, 1.807) is 6.20 Å². The number of rotatable bonds is 4. The first-order valence-electron chi connectivity index (χ1n) is 9.66. The van der Waals surface area contributed by atoms with Gasteiger partial charge in [-0.15, -0.1) is 11.3 Å². The molecule has 3 aromatic rings. The van der Waals surface area contributed by atoms with Crippen LogP contribution in [0.3, 0.4) is 0 Å². The summed E-state index contributed by atoms with van der Waals surface area (Å²) in [4.78, 5) is 25.1. The van der Waals surface area contributed by atoms with E-state index in [2.05, 4.69) is 46.5 Å². The second-order valence-corrected chi connectivity index (χ2v) is 7.96. The summed E-state index contributed by atoms with van der Waals surface area (Å²) in [5.74, 6) is 0.0586. The standard InChI is InChI=1S/C22H24N4OS/c1-3-16-7-9-17(10-8-16)19-14-23-12-13-26(19)22(27)20-15(2)25-21(28-20)18-6-4-5-11-24-18/h4-11,19,23H,3,12-14H2,1-2H3. The minimum absolute atomic E-state index is 0.0342. The second kappa shape index (κ2) is 8.20. The number of aryl methyl sites for hydroxylation is 2. The number of nitrogens with zero attached hydrogens (tertiary/aromatic N) is 3. The Morgan fingerprint density at radius 2 is 2.07 bits per heavy atom. The molecule has 1 amide bonds. The Labute approximate surface area is 169 Å². The second-order valence-electron chi connectivity index (χ2n) is 6.96. The quantitative estimate of drug-likeness (QED) is 0.732. The monoisotopic (exact) mass is 392 g/mol. The fraction of sp³-hybridized carbons (Fsp3) is 0.318. The molecule has 1 aliphatic rings. The normalized spacial score (nSPS) is 16.9. The van der Waals surface area contributed by atoms with Crippen LogP contribution >= 0.6 is 11.3 Å². The van der Waals surface area contributed by atoms with Gasteiger partial charge in [0.2, 0.25) is 0 Å². The molecule has 0 radical (unpaired) electrons. The number of hydrogen-bond acceptors (Lipinski definition) is 5. The number of thiazole rings is 1. The van der Waals surface area contributed by atoms with E-state index < -0.39 is 0 Å². The van der Waals surface area contributed by atoms with Crippen molar-refractivity contribution in [3.63, 3.8) is 0 Å². The lowest BCUT2D eigenvalue weighted by Crippen LogP contribution is -2.48. The van der Waals surface area contributed by atoms with Gasteiger partial charge in [0.05, 0.1) is 17.4 Å². The topological polar surface area (TPSA) is 58.1 Å². The highest BCUT2D eigenvalue weighted by atomic mass is 32.1. The van der Waals surface area contributed by atoms with E-state index in [0.717, 1.165) is 35.9 Å². The Bertz CT molecular complexity index is 952. The molecular formula is C22H24N4OS. The Morgan fingerprint density at radius 3 is 2.79 bits per heavy atom. The molecular weight excluding hydrogens is 368 g/mol. The van der Waals surface area contributed by atoms with Crippen molar-refractivity contribution in [3.05, 3.63) is 70.4 Å². The van der Waals surface area contributed by atoms with E-state index in [9.17, 15) is 4.79 Å². The molecule has 0 bridgehead atoms. The first-order valence-corrected chi connectivity index (χ1v) is 10.5. The van der Waals surface area contributed by atoms with Gasteiger partial charge in [-0.1, -0.05) is 37.3 Å². The molecule has 1 aliphatic heterocycles. The van der Waals surface area contributed by atoms with Crippen molar-refractivity contribution in [1.29, 1.82) is 0 Å². The van der Waals surface area contributed by atoms with Crippen molar-refractivity contribution >= 4 is 17.2 Å². The van der Waals surface area contributed by atoms with Gasteiger partial charge in [-0.25, -0.2) is 4.98 Å². The molecule has 1 atom stereocenters. The molecule has 144 valence electrons. The number of piperazine rings is 1. The van der Waals surface area contributed by atoms with Crippen molar-refractivity contribution in [1.82, 2.24) is 20.2 Å². The molecule has 3 heterocycles. The highest BCUT2D eigenvalue weighted by Gasteiger charge is 2.31. The van der Waals surface area contributed by atoms with Gasteiger partial charge in [0, 0.05) is 25.8 Å². The predicted octanol–water partition coefficient (Wildman–Crippen LogP) is 3.86. The zero-order chi connectivity index (χ0) is 19.5. The summed E-state index contributed by atoms with van der Waals surface area (Å²) in [6.45, 7) is 6.32. The van der Waals surface area contributed by atoms with E-state index in [0.29, 0.717) is 11.4 Å². The molecule has 1 N–H and O–H groups in total. The van der Waals surface area contributed by atoms with E-state index in [1.165, 1.54) is 22.5 Å². The molecule has 6 heteroatoms. The van der Waals surface area contributed by atoms with Crippen LogP contribution in [0.15, 0.2) is 48.7 Å². The van der Waals surface area contributed by atoms with Crippen LogP contribution in [-0.2, 0) is 6.42 Å². The first kappa shape index (κ1) is 18.8. The molecule has 2 aromatic heterocycles. The summed E-state index contributed by atoms with van der Waals surface area (Å²) in [6, 6.07) is 14.4. The summed E-state index contributed by atoms with van der Waals surface area (Å²) in [7, 11) is 0. The fourth-order valence-corrected chi connectivity index (χ4v) is 4.54. The van der Waals surface area contributed by atoms with Crippen molar-refractivity contribution in [2.24, 2.45) is 0 Å². The van der Waals surface area contributed by atoms with Crippen molar-refractivity contribution in [2.45, 2.75) is 26.3 Å². The zero-order valence-electron chi connectivity index (χ0n) is 16.2. The van der Waals surface area contributed by atoms with Gasteiger partial charge >= 0.3 is 0 Å². The van der Waals surface area contributed by atoms with E-state index in [-0.39, 0.29) is 11.9 Å². The van der Waals surface area contributed by atoms with Crippen LogP contribution in [0.1, 0.15) is 39.5 Å². The minimum Gasteiger partial charge on any atom is -0.328 e. The van der Waals surface area contributed by atoms with Crippen LogP contribution in [0, 0.1) is 6.92 Å². The number of carbonyl (C=O) groups is 1. The lowest BCUT2D eigenvalue weighted by atomic mass is 10.0. The molecule has 1 unspecified atom stereocenters. The highest BCUT2D eigenvalue weighted by Crippen LogP contribution is 2.31. The lowest BCUT2D eigenvalue weighted by Gasteiger charge is -2.36. The molecule has 1 aromatic carbocycles. The van der Waals surface area contributed by atoms with Gasteiger partial charge in [0.15, 0.2) is 0 Å². The Kier molecular flexibility index (Phi) is 5.50. The SMILES string of the molecule is CCc1ccc(C2CNCCN2C(=O)c2sc(-c3ccccn3)nc2C)cc1. The maximum absolute atomic E-state index is 13.4. The fourth-order valence-electron chi connectivity index (χ4n) is 3.54. The number of benzene rings is 1. The molecule has 0 saturated carbocycles. The van der Waals surface area contributed by atoms with Crippen molar-refractivity contribution in [3.8, 4) is 10.7 Å². The van der Waals surface area contributed by atoms with Gasteiger partial charge in [0.1, 0.15) is 9.88 Å². The van der Waals surface area contributed by atoms with Gasteiger partial charge in [-0.3, -0.25) is 9.78 Å². The number of amides is 1. The molecule has 1 fully saturated rings. The van der Waals surface area contributed by atoms with Crippen LogP contribution in [0.4, 0.5) is 0 Å². The molecule has 5 nitrogen and oxygen atoms in total. The summed E-state index contributed by atoms with van der Waals surface area (Å²) in [5.41, 5.74) is 4.06. The summed E-state index contributed by atoms with van der Waals surface area (Å²) in [5, 5.41) is 4.22. The van der Waals surface area contributed by atoms with E-state index in [4.69, 9.17) is 0 Å². The molecule has 1 saturated heterocycles. The van der Waals surface area contributed by atoms with Crippen LogP contribution in [0.2, 0.25) is 0 Å². The molecule has 28 heavy (non-hydrogen) atoms. The molecule has 0 spiro atoms. The number of pyridine rings is 1.